The third kappa shape index (κ3) is 4.25. The van der Waals surface area contributed by atoms with Crippen LogP contribution in [0.15, 0.2) is 79.3 Å². The molecule has 0 aliphatic carbocycles. The highest BCUT2D eigenvalue weighted by Crippen LogP contribution is 2.35. The second kappa shape index (κ2) is 9.50. The summed E-state index contributed by atoms with van der Waals surface area (Å²) >= 11 is 0. The molecule has 0 spiro atoms. The lowest BCUT2D eigenvalue weighted by atomic mass is 10.0. The van der Waals surface area contributed by atoms with Crippen LogP contribution >= 0.6 is 0 Å². The summed E-state index contributed by atoms with van der Waals surface area (Å²) in [6, 6.07) is 19.2. The predicted octanol–water partition coefficient (Wildman–Crippen LogP) is 6.96. The van der Waals surface area contributed by atoms with Gasteiger partial charge in [0.25, 0.3) is 0 Å². The van der Waals surface area contributed by atoms with Crippen molar-refractivity contribution in [2.45, 2.75) is 25.8 Å². The number of hydrogen-bond acceptors (Lipinski definition) is 4. The molecule has 0 saturated carbocycles. The second-order valence-electron chi connectivity index (χ2n) is 10.1. The first-order valence-corrected chi connectivity index (χ1v) is 13.1. The summed E-state index contributed by atoms with van der Waals surface area (Å²) in [5, 5.41) is 9.75. The summed E-state index contributed by atoms with van der Waals surface area (Å²) in [7, 11) is 0. The molecule has 1 aliphatic heterocycles. The third-order valence-corrected chi connectivity index (χ3v) is 7.47. The fourth-order valence-corrected chi connectivity index (χ4v) is 5.57. The topological polar surface area (TPSA) is 73.5 Å². The van der Waals surface area contributed by atoms with Gasteiger partial charge in [0.2, 0.25) is 0 Å². The minimum atomic E-state index is -0.261. The highest BCUT2D eigenvalue weighted by Gasteiger charge is 2.16. The average molecular weight is 503 g/mol. The maximum absolute atomic E-state index is 13.9. The molecule has 7 rings (SSSR count). The second-order valence-corrected chi connectivity index (χ2v) is 10.1. The van der Waals surface area contributed by atoms with Crippen LogP contribution in [0.2, 0.25) is 0 Å². The zero-order valence-electron chi connectivity index (χ0n) is 20.9. The van der Waals surface area contributed by atoms with Crippen molar-refractivity contribution in [1.82, 2.24) is 30.0 Å². The van der Waals surface area contributed by atoms with Gasteiger partial charge in [-0.15, -0.1) is 0 Å². The van der Waals surface area contributed by atoms with Gasteiger partial charge in [0.15, 0.2) is 0 Å². The maximum atomic E-state index is 13.9. The Labute approximate surface area is 219 Å². The van der Waals surface area contributed by atoms with Gasteiger partial charge in [-0.25, -0.2) is 9.37 Å². The maximum Gasteiger partial charge on any atom is 0.138 e. The number of aromatic nitrogens is 5. The van der Waals surface area contributed by atoms with E-state index in [1.807, 2.05) is 30.6 Å². The number of rotatable bonds is 5. The van der Waals surface area contributed by atoms with E-state index in [4.69, 9.17) is 0 Å². The molecule has 6 aromatic rings. The van der Waals surface area contributed by atoms with Gasteiger partial charge in [0.05, 0.1) is 11.2 Å². The lowest BCUT2D eigenvalue weighted by Gasteiger charge is -2.26. The Morgan fingerprint density at radius 3 is 2.66 bits per heavy atom. The summed E-state index contributed by atoms with van der Waals surface area (Å²) in [6.45, 7) is 3.26. The Hall–Kier alpha value is -4.36. The highest BCUT2D eigenvalue weighted by atomic mass is 19.1. The largest absolute Gasteiger partial charge is 0.338 e. The molecular weight excluding hydrogens is 475 g/mol. The minimum absolute atomic E-state index is 0.261. The van der Waals surface area contributed by atoms with Gasteiger partial charge >= 0.3 is 0 Å². The molecule has 38 heavy (non-hydrogen) atoms. The quantitative estimate of drug-likeness (QED) is 0.267. The standard InChI is InChI=1S/C31H27FN6/c32-24-6-4-5-22(14-24)25-9-10-34-31-26(25)16-29(35-31)30-27-15-21(7-8-28(27)36-37-30)23-13-20(17-33-18-23)19-38-11-2-1-3-12-38/h4-10,13-18H,1-3,11-12,19H2,(H,34,35)(H,36,37). The van der Waals surface area contributed by atoms with Crippen molar-refractivity contribution in [2.75, 3.05) is 13.1 Å². The van der Waals surface area contributed by atoms with Crippen LogP contribution in [-0.2, 0) is 6.54 Å². The summed E-state index contributed by atoms with van der Waals surface area (Å²) in [6.07, 6.45) is 9.54. The van der Waals surface area contributed by atoms with Crippen LogP contribution in [0.4, 0.5) is 4.39 Å². The number of aromatic amines is 2. The van der Waals surface area contributed by atoms with E-state index in [1.54, 1.807) is 18.3 Å². The molecule has 5 heterocycles. The predicted molar refractivity (Wildman–Crippen MR) is 149 cm³/mol. The third-order valence-electron chi connectivity index (χ3n) is 7.47. The molecule has 7 heteroatoms. The summed E-state index contributed by atoms with van der Waals surface area (Å²) in [4.78, 5) is 15.0. The van der Waals surface area contributed by atoms with Crippen molar-refractivity contribution in [3.8, 4) is 33.6 Å². The van der Waals surface area contributed by atoms with Gasteiger partial charge in [-0.2, -0.15) is 5.10 Å². The molecular formula is C31H27FN6. The first-order valence-electron chi connectivity index (χ1n) is 13.1. The number of nitrogens with one attached hydrogen (secondary N) is 2. The van der Waals surface area contributed by atoms with Crippen LogP contribution in [0.1, 0.15) is 24.8 Å². The van der Waals surface area contributed by atoms with Gasteiger partial charge in [0.1, 0.15) is 17.2 Å². The fraction of sp³-hybridized carbons (Fsp3) is 0.194. The van der Waals surface area contributed by atoms with E-state index in [0.29, 0.717) is 0 Å². The number of halogens is 1. The van der Waals surface area contributed by atoms with Gasteiger partial charge in [-0.1, -0.05) is 24.6 Å². The fourth-order valence-electron chi connectivity index (χ4n) is 5.57. The number of H-pyrrole nitrogens is 2. The average Bonchev–Trinajstić information content (AvgIpc) is 3.57. The van der Waals surface area contributed by atoms with Gasteiger partial charge in [-0.05, 0) is 90.6 Å². The first-order chi connectivity index (χ1) is 18.7. The Balaban J connectivity index is 1.26. The lowest BCUT2D eigenvalue weighted by Crippen LogP contribution is -2.29. The van der Waals surface area contributed by atoms with E-state index >= 15 is 0 Å². The van der Waals surface area contributed by atoms with E-state index in [1.165, 1.54) is 30.9 Å². The van der Waals surface area contributed by atoms with Crippen LogP contribution < -0.4 is 0 Å². The van der Waals surface area contributed by atoms with Gasteiger partial charge in [-0.3, -0.25) is 15.0 Å². The van der Waals surface area contributed by atoms with E-state index in [0.717, 1.165) is 75.2 Å². The molecule has 0 atom stereocenters. The van der Waals surface area contributed by atoms with Crippen LogP contribution in [0.25, 0.3) is 55.6 Å². The van der Waals surface area contributed by atoms with Crippen LogP contribution in [0, 0.1) is 5.82 Å². The molecule has 0 bridgehead atoms. The van der Waals surface area contributed by atoms with Crippen LogP contribution in [0.3, 0.4) is 0 Å². The SMILES string of the molecule is Fc1cccc(-c2ccnc3[nH]c(-c4n[nH]c5ccc(-c6cncc(CN7CCCCC7)c6)cc45)cc23)c1. The number of benzene rings is 2. The summed E-state index contributed by atoms with van der Waals surface area (Å²) < 4.78 is 13.9. The summed E-state index contributed by atoms with van der Waals surface area (Å²) in [5.41, 5.74) is 8.55. The Morgan fingerprint density at radius 1 is 0.842 bits per heavy atom. The van der Waals surface area contributed by atoms with Gasteiger partial charge < -0.3 is 4.98 Å². The highest BCUT2D eigenvalue weighted by molar-refractivity contribution is 6.00. The molecule has 2 aromatic carbocycles. The summed E-state index contributed by atoms with van der Waals surface area (Å²) in [5.74, 6) is -0.261. The molecule has 1 aliphatic rings. The van der Waals surface area contributed by atoms with Crippen molar-refractivity contribution < 1.29 is 4.39 Å². The number of pyridine rings is 2. The first kappa shape index (κ1) is 22.8. The lowest BCUT2D eigenvalue weighted by molar-refractivity contribution is 0.220. The van der Waals surface area contributed by atoms with E-state index in [9.17, 15) is 4.39 Å². The van der Waals surface area contributed by atoms with E-state index in [-0.39, 0.29) is 5.82 Å². The van der Waals surface area contributed by atoms with Crippen LogP contribution in [0.5, 0.6) is 0 Å². The van der Waals surface area contributed by atoms with Crippen molar-refractivity contribution in [1.29, 1.82) is 0 Å². The Bertz CT molecular complexity index is 1760. The van der Waals surface area contributed by atoms with Crippen molar-refractivity contribution in [2.24, 2.45) is 0 Å². The van der Waals surface area contributed by atoms with Crippen molar-refractivity contribution in [3.63, 3.8) is 0 Å². The van der Waals surface area contributed by atoms with Crippen LogP contribution in [-0.4, -0.2) is 43.1 Å². The van der Waals surface area contributed by atoms with Crippen molar-refractivity contribution >= 4 is 21.9 Å². The zero-order valence-corrected chi connectivity index (χ0v) is 20.9. The molecule has 188 valence electrons. The zero-order chi connectivity index (χ0) is 25.5. The van der Waals surface area contributed by atoms with Crippen molar-refractivity contribution in [3.05, 3.63) is 90.6 Å². The van der Waals surface area contributed by atoms with E-state index < -0.39 is 0 Å². The van der Waals surface area contributed by atoms with Gasteiger partial charge in [0, 0.05) is 41.5 Å². The number of likely N-dealkylation sites (tertiary alicyclic amines) is 1. The monoisotopic (exact) mass is 502 g/mol. The number of piperidine rings is 1. The van der Waals surface area contributed by atoms with E-state index in [2.05, 4.69) is 54.3 Å². The molecule has 0 unspecified atom stereocenters. The number of nitrogens with zero attached hydrogens (tertiary/aromatic N) is 4. The number of fused-ring (bicyclic) bond motifs is 2. The Kier molecular flexibility index (Phi) is 5.70. The molecule has 0 radical (unpaired) electrons. The molecule has 6 nitrogen and oxygen atoms in total. The smallest absolute Gasteiger partial charge is 0.138 e. The minimum Gasteiger partial charge on any atom is -0.338 e. The molecule has 1 fully saturated rings. The molecule has 1 saturated heterocycles. The normalized spacial score (nSPS) is 14.4. The molecule has 2 N–H and O–H groups in total. The molecule has 0 amide bonds. The molecule has 4 aromatic heterocycles. The Morgan fingerprint density at radius 2 is 1.76 bits per heavy atom. The number of hydrogen-bond donors (Lipinski definition) is 2.